The SMILES string of the molecule is C1CC(CNC2CCCC2C2COCCN2)C1.Cl. The molecule has 3 atom stereocenters. The first-order valence-corrected chi connectivity index (χ1v) is 7.48. The Morgan fingerprint density at radius 3 is 2.61 bits per heavy atom. The Morgan fingerprint density at radius 2 is 1.94 bits per heavy atom. The van der Waals surface area contributed by atoms with Gasteiger partial charge in [0.15, 0.2) is 0 Å². The van der Waals surface area contributed by atoms with Gasteiger partial charge in [0, 0.05) is 18.6 Å². The Morgan fingerprint density at radius 1 is 1.11 bits per heavy atom. The van der Waals surface area contributed by atoms with E-state index in [-0.39, 0.29) is 12.4 Å². The zero-order valence-corrected chi connectivity index (χ0v) is 12.0. The fraction of sp³-hybridized carbons (Fsp3) is 1.00. The van der Waals surface area contributed by atoms with Crippen LogP contribution in [0.3, 0.4) is 0 Å². The van der Waals surface area contributed by atoms with Gasteiger partial charge in [0.1, 0.15) is 0 Å². The summed E-state index contributed by atoms with van der Waals surface area (Å²) in [6.45, 7) is 4.11. The summed E-state index contributed by atoms with van der Waals surface area (Å²) in [6, 6.07) is 1.35. The smallest absolute Gasteiger partial charge is 0.0623 e. The van der Waals surface area contributed by atoms with Gasteiger partial charge in [-0.2, -0.15) is 0 Å². The first-order chi connectivity index (χ1) is 8.43. The van der Waals surface area contributed by atoms with Gasteiger partial charge in [-0.05, 0) is 44.1 Å². The van der Waals surface area contributed by atoms with Crippen LogP contribution in [0.15, 0.2) is 0 Å². The van der Waals surface area contributed by atoms with Crippen LogP contribution in [0.2, 0.25) is 0 Å². The standard InChI is InChI=1S/C14H26N2O.ClH/c1-3-11(4-1)9-16-13-6-2-5-12(13)14-10-17-8-7-15-14;/h11-16H,1-10H2;1H. The number of hydrogen-bond donors (Lipinski definition) is 2. The van der Waals surface area contributed by atoms with Crippen molar-refractivity contribution in [2.45, 2.75) is 50.6 Å². The number of halogens is 1. The highest BCUT2D eigenvalue weighted by molar-refractivity contribution is 5.85. The van der Waals surface area contributed by atoms with E-state index in [1.807, 2.05) is 0 Å². The fourth-order valence-corrected chi connectivity index (χ4v) is 3.60. The predicted octanol–water partition coefficient (Wildman–Crippen LogP) is 1.95. The molecule has 0 bridgehead atoms. The van der Waals surface area contributed by atoms with Crippen LogP contribution in [-0.4, -0.2) is 38.4 Å². The molecule has 0 aromatic carbocycles. The van der Waals surface area contributed by atoms with Crippen molar-refractivity contribution in [1.29, 1.82) is 0 Å². The van der Waals surface area contributed by atoms with Gasteiger partial charge >= 0.3 is 0 Å². The molecule has 18 heavy (non-hydrogen) atoms. The van der Waals surface area contributed by atoms with Crippen molar-refractivity contribution in [3.8, 4) is 0 Å². The van der Waals surface area contributed by atoms with Gasteiger partial charge in [0.2, 0.25) is 0 Å². The first kappa shape index (κ1) is 14.6. The molecule has 3 fully saturated rings. The van der Waals surface area contributed by atoms with Crippen molar-refractivity contribution < 1.29 is 4.74 Å². The highest BCUT2D eigenvalue weighted by Crippen LogP contribution is 2.31. The highest BCUT2D eigenvalue weighted by Gasteiger charge is 2.34. The molecule has 1 aliphatic heterocycles. The lowest BCUT2D eigenvalue weighted by Crippen LogP contribution is -2.51. The average molecular weight is 275 g/mol. The molecule has 2 saturated carbocycles. The Bertz CT molecular complexity index is 242. The zero-order valence-electron chi connectivity index (χ0n) is 11.2. The summed E-state index contributed by atoms with van der Waals surface area (Å²) in [5.41, 5.74) is 0. The normalized spacial score (nSPS) is 37.0. The molecule has 0 radical (unpaired) electrons. The van der Waals surface area contributed by atoms with Crippen LogP contribution in [0.25, 0.3) is 0 Å². The summed E-state index contributed by atoms with van der Waals surface area (Å²) < 4.78 is 5.61. The van der Waals surface area contributed by atoms with Crippen molar-refractivity contribution in [3.05, 3.63) is 0 Å². The van der Waals surface area contributed by atoms with E-state index in [9.17, 15) is 0 Å². The summed E-state index contributed by atoms with van der Waals surface area (Å²) in [6.07, 6.45) is 8.51. The lowest BCUT2D eigenvalue weighted by Gasteiger charge is -2.34. The van der Waals surface area contributed by atoms with Crippen LogP contribution in [0.1, 0.15) is 38.5 Å². The van der Waals surface area contributed by atoms with Crippen LogP contribution in [0.5, 0.6) is 0 Å². The average Bonchev–Trinajstić information content (AvgIpc) is 2.76. The van der Waals surface area contributed by atoms with E-state index in [2.05, 4.69) is 10.6 Å². The Labute approximate surface area is 117 Å². The number of morpholine rings is 1. The van der Waals surface area contributed by atoms with Gasteiger partial charge in [0.25, 0.3) is 0 Å². The zero-order chi connectivity index (χ0) is 11.5. The van der Waals surface area contributed by atoms with Crippen molar-refractivity contribution in [2.75, 3.05) is 26.3 Å². The van der Waals surface area contributed by atoms with Gasteiger partial charge in [0.05, 0.1) is 13.2 Å². The molecular formula is C14H27ClN2O. The molecule has 3 rings (SSSR count). The molecule has 0 aromatic heterocycles. The van der Waals surface area contributed by atoms with Crippen LogP contribution < -0.4 is 10.6 Å². The third kappa shape index (κ3) is 3.38. The van der Waals surface area contributed by atoms with Gasteiger partial charge in [-0.3, -0.25) is 0 Å². The molecule has 3 nitrogen and oxygen atoms in total. The second-order valence-corrected chi connectivity index (χ2v) is 6.04. The third-order valence-electron chi connectivity index (χ3n) is 4.93. The Hall–Kier alpha value is 0.170. The predicted molar refractivity (Wildman–Crippen MR) is 76.3 cm³/mol. The number of rotatable bonds is 4. The van der Waals surface area contributed by atoms with Gasteiger partial charge in [-0.15, -0.1) is 12.4 Å². The maximum Gasteiger partial charge on any atom is 0.0623 e. The maximum absolute atomic E-state index is 5.61. The number of nitrogens with one attached hydrogen (secondary N) is 2. The van der Waals surface area contributed by atoms with Gasteiger partial charge in [-0.1, -0.05) is 12.8 Å². The van der Waals surface area contributed by atoms with E-state index in [1.165, 1.54) is 45.1 Å². The van der Waals surface area contributed by atoms with Crippen LogP contribution >= 0.6 is 12.4 Å². The first-order valence-electron chi connectivity index (χ1n) is 7.48. The van der Waals surface area contributed by atoms with E-state index < -0.39 is 0 Å². The minimum absolute atomic E-state index is 0. The molecule has 0 amide bonds. The number of ether oxygens (including phenoxy) is 1. The van der Waals surface area contributed by atoms with Crippen molar-refractivity contribution in [2.24, 2.45) is 11.8 Å². The Balaban J connectivity index is 0.00000120. The van der Waals surface area contributed by atoms with Crippen molar-refractivity contribution >= 4 is 12.4 Å². The molecule has 2 N–H and O–H groups in total. The largest absolute Gasteiger partial charge is 0.379 e. The molecule has 1 heterocycles. The minimum Gasteiger partial charge on any atom is -0.379 e. The van der Waals surface area contributed by atoms with Crippen molar-refractivity contribution in [3.63, 3.8) is 0 Å². The van der Waals surface area contributed by atoms with Crippen molar-refractivity contribution in [1.82, 2.24) is 10.6 Å². The van der Waals surface area contributed by atoms with E-state index in [0.717, 1.165) is 37.6 Å². The molecular weight excluding hydrogens is 248 g/mol. The molecule has 106 valence electrons. The summed E-state index contributed by atoms with van der Waals surface area (Å²) >= 11 is 0. The molecule has 0 aromatic rings. The van der Waals surface area contributed by atoms with E-state index in [0.29, 0.717) is 6.04 Å². The topological polar surface area (TPSA) is 33.3 Å². The summed E-state index contributed by atoms with van der Waals surface area (Å²) in [4.78, 5) is 0. The summed E-state index contributed by atoms with van der Waals surface area (Å²) in [5, 5.41) is 7.48. The van der Waals surface area contributed by atoms with E-state index in [4.69, 9.17) is 4.74 Å². The van der Waals surface area contributed by atoms with Crippen LogP contribution in [0.4, 0.5) is 0 Å². The lowest BCUT2D eigenvalue weighted by molar-refractivity contribution is 0.0519. The summed E-state index contributed by atoms with van der Waals surface area (Å²) in [7, 11) is 0. The molecule has 2 aliphatic carbocycles. The monoisotopic (exact) mass is 274 g/mol. The number of hydrogen-bond acceptors (Lipinski definition) is 3. The highest BCUT2D eigenvalue weighted by atomic mass is 35.5. The Kier molecular flexibility index (Phi) is 5.74. The summed E-state index contributed by atoms with van der Waals surface area (Å²) in [5.74, 6) is 1.78. The van der Waals surface area contributed by atoms with Crippen LogP contribution in [0, 0.1) is 11.8 Å². The maximum atomic E-state index is 5.61. The quantitative estimate of drug-likeness (QED) is 0.822. The minimum atomic E-state index is 0. The van der Waals surface area contributed by atoms with Gasteiger partial charge < -0.3 is 15.4 Å². The second-order valence-electron chi connectivity index (χ2n) is 6.04. The molecule has 1 saturated heterocycles. The van der Waals surface area contributed by atoms with Crippen LogP contribution in [-0.2, 0) is 4.74 Å². The fourth-order valence-electron chi connectivity index (χ4n) is 3.60. The molecule has 0 spiro atoms. The lowest BCUT2D eigenvalue weighted by atomic mass is 9.85. The molecule has 3 aliphatic rings. The third-order valence-corrected chi connectivity index (χ3v) is 4.93. The molecule has 4 heteroatoms. The van der Waals surface area contributed by atoms with E-state index in [1.54, 1.807) is 0 Å². The van der Waals surface area contributed by atoms with E-state index >= 15 is 0 Å². The molecule has 3 unspecified atom stereocenters. The second kappa shape index (κ2) is 7.09. The van der Waals surface area contributed by atoms with Gasteiger partial charge in [-0.25, -0.2) is 0 Å².